The van der Waals surface area contributed by atoms with Crippen molar-refractivity contribution >= 4 is 11.7 Å². The van der Waals surface area contributed by atoms with Gasteiger partial charge in [0.1, 0.15) is 17.7 Å². The van der Waals surface area contributed by atoms with E-state index in [0.29, 0.717) is 23.0 Å². The van der Waals surface area contributed by atoms with E-state index in [1.54, 1.807) is 18.3 Å². The van der Waals surface area contributed by atoms with E-state index >= 15 is 0 Å². The van der Waals surface area contributed by atoms with E-state index in [2.05, 4.69) is 22.4 Å². The second kappa shape index (κ2) is 4.42. The Labute approximate surface area is 111 Å². The highest BCUT2D eigenvalue weighted by Crippen LogP contribution is 2.40. The Morgan fingerprint density at radius 2 is 2.21 bits per heavy atom. The number of amides is 1. The van der Waals surface area contributed by atoms with Gasteiger partial charge in [-0.15, -0.1) is 0 Å². The molecule has 0 fully saturated rings. The van der Waals surface area contributed by atoms with Gasteiger partial charge in [-0.05, 0) is 13.0 Å². The number of aromatic amines is 1. The van der Waals surface area contributed by atoms with Crippen molar-refractivity contribution < 1.29 is 9.53 Å². The van der Waals surface area contributed by atoms with Crippen molar-refractivity contribution in [3.8, 4) is 5.75 Å². The molecule has 2 heterocycles. The number of rotatable bonds is 2. The average Bonchev–Trinajstić information content (AvgIpc) is 2.99. The van der Waals surface area contributed by atoms with E-state index in [0.717, 1.165) is 5.56 Å². The fourth-order valence-electron chi connectivity index (χ4n) is 2.28. The average molecular weight is 257 g/mol. The SMILES string of the molecule is CC1Oc2c(C(=O)Nc3ccn[nH]3)cccc2C1C. The molecule has 0 saturated carbocycles. The maximum absolute atomic E-state index is 12.2. The Kier molecular flexibility index (Phi) is 2.74. The number of carbonyl (C=O) groups is 1. The molecule has 2 aromatic rings. The van der Waals surface area contributed by atoms with Gasteiger partial charge in [0, 0.05) is 17.5 Å². The molecule has 2 atom stereocenters. The summed E-state index contributed by atoms with van der Waals surface area (Å²) >= 11 is 0. The van der Waals surface area contributed by atoms with Gasteiger partial charge >= 0.3 is 0 Å². The predicted octanol–water partition coefficient (Wildman–Crippen LogP) is 2.55. The zero-order valence-corrected chi connectivity index (χ0v) is 10.8. The van der Waals surface area contributed by atoms with Crippen LogP contribution in [0.5, 0.6) is 5.75 Å². The lowest BCUT2D eigenvalue weighted by molar-refractivity contribution is 0.102. The molecule has 0 radical (unpaired) electrons. The second-order valence-electron chi connectivity index (χ2n) is 4.76. The summed E-state index contributed by atoms with van der Waals surface area (Å²) in [5.41, 5.74) is 1.65. The van der Waals surface area contributed by atoms with Crippen LogP contribution in [0.2, 0.25) is 0 Å². The summed E-state index contributed by atoms with van der Waals surface area (Å²) in [6.07, 6.45) is 1.68. The van der Waals surface area contributed by atoms with Crippen LogP contribution in [0.1, 0.15) is 35.7 Å². The number of anilines is 1. The third kappa shape index (κ3) is 1.97. The van der Waals surface area contributed by atoms with Gasteiger partial charge in [0.15, 0.2) is 0 Å². The third-order valence-corrected chi connectivity index (χ3v) is 3.54. The first-order chi connectivity index (χ1) is 9.16. The molecular weight excluding hydrogens is 242 g/mol. The van der Waals surface area contributed by atoms with E-state index < -0.39 is 0 Å². The van der Waals surface area contributed by atoms with Crippen molar-refractivity contribution in [2.45, 2.75) is 25.9 Å². The van der Waals surface area contributed by atoms with Gasteiger partial charge in [-0.3, -0.25) is 9.89 Å². The number of nitrogens with one attached hydrogen (secondary N) is 2. The Morgan fingerprint density at radius 1 is 1.37 bits per heavy atom. The van der Waals surface area contributed by atoms with E-state index in [9.17, 15) is 4.79 Å². The quantitative estimate of drug-likeness (QED) is 0.868. The van der Waals surface area contributed by atoms with Crippen molar-refractivity contribution in [2.75, 3.05) is 5.32 Å². The molecule has 1 aliphatic rings. The van der Waals surface area contributed by atoms with Gasteiger partial charge < -0.3 is 10.1 Å². The number of hydrogen-bond donors (Lipinski definition) is 2. The Balaban J connectivity index is 1.92. The predicted molar refractivity (Wildman–Crippen MR) is 71.5 cm³/mol. The Hall–Kier alpha value is -2.30. The van der Waals surface area contributed by atoms with Crippen LogP contribution < -0.4 is 10.1 Å². The smallest absolute Gasteiger partial charge is 0.260 e. The summed E-state index contributed by atoms with van der Waals surface area (Å²) in [6, 6.07) is 7.37. The maximum Gasteiger partial charge on any atom is 0.260 e. The number of aromatic nitrogens is 2. The fourth-order valence-corrected chi connectivity index (χ4v) is 2.28. The van der Waals surface area contributed by atoms with Gasteiger partial charge in [-0.2, -0.15) is 5.10 Å². The van der Waals surface area contributed by atoms with Crippen LogP contribution in [0.4, 0.5) is 5.82 Å². The van der Waals surface area contributed by atoms with Gasteiger partial charge in [0.05, 0.1) is 11.8 Å². The summed E-state index contributed by atoms with van der Waals surface area (Å²) in [4.78, 5) is 12.2. The molecular formula is C14H15N3O2. The lowest BCUT2D eigenvalue weighted by atomic mass is 9.97. The minimum absolute atomic E-state index is 0.0936. The number of nitrogens with zero attached hydrogens (tertiary/aromatic N) is 1. The van der Waals surface area contributed by atoms with E-state index in [1.165, 1.54) is 0 Å². The van der Waals surface area contributed by atoms with Crippen LogP contribution in [-0.2, 0) is 0 Å². The highest BCUT2D eigenvalue weighted by Gasteiger charge is 2.31. The minimum Gasteiger partial charge on any atom is -0.489 e. The first-order valence-corrected chi connectivity index (χ1v) is 6.27. The Morgan fingerprint density at radius 3 is 2.95 bits per heavy atom. The number of benzene rings is 1. The number of ether oxygens (including phenoxy) is 1. The van der Waals surface area contributed by atoms with Gasteiger partial charge in [0.25, 0.3) is 5.91 Å². The highest BCUT2D eigenvalue weighted by molar-refractivity contribution is 6.06. The molecule has 1 aromatic heterocycles. The first-order valence-electron chi connectivity index (χ1n) is 6.27. The fraction of sp³-hybridized carbons (Fsp3) is 0.286. The van der Waals surface area contributed by atoms with Crippen molar-refractivity contribution in [3.63, 3.8) is 0 Å². The maximum atomic E-state index is 12.2. The standard InChI is InChI=1S/C14H15N3O2/c1-8-9(2)19-13-10(8)4-3-5-11(13)14(18)16-12-6-7-15-17-12/h3-9H,1-2H3,(H2,15,16,17,18). The van der Waals surface area contributed by atoms with Crippen LogP contribution in [0.3, 0.4) is 0 Å². The van der Waals surface area contributed by atoms with Crippen LogP contribution in [0, 0.1) is 0 Å². The van der Waals surface area contributed by atoms with Crippen LogP contribution in [0.15, 0.2) is 30.5 Å². The number of hydrogen-bond acceptors (Lipinski definition) is 3. The van der Waals surface area contributed by atoms with Gasteiger partial charge in [0.2, 0.25) is 0 Å². The normalized spacial score (nSPS) is 20.7. The van der Waals surface area contributed by atoms with Crippen molar-refractivity contribution in [1.29, 1.82) is 0 Å². The molecule has 0 saturated heterocycles. The largest absolute Gasteiger partial charge is 0.489 e. The number of fused-ring (bicyclic) bond motifs is 1. The summed E-state index contributed by atoms with van der Waals surface area (Å²) in [6.45, 7) is 4.12. The first kappa shape index (κ1) is 11.8. The van der Waals surface area contributed by atoms with E-state index in [1.807, 2.05) is 19.1 Å². The van der Waals surface area contributed by atoms with Crippen molar-refractivity contribution in [3.05, 3.63) is 41.6 Å². The Bertz CT molecular complexity index is 607. The van der Waals surface area contributed by atoms with Crippen LogP contribution in [0.25, 0.3) is 0 Å². The molecule has 0 aliphatic carbocycles. The van der Waals surface area contributed by atoms with Crippen molar-refractivity contribution in [1.82, 2.24) is 10.2 Å². The van der Waals surface area contributed by atoms with Crippen LogP contribution >= 0.6 is 0 Å². The highest BCUT2D eigenvalue weighted by atomic mass is 16.5. The summed E-state index contributed by atoms with van der Waals surface area (Å²) in [5, 5.41) is 9.26. The van der Waals surface area contributed by atoms with Crippen LogP contribution in [-0.4, -0.2) is 22.2 Å². The second-order valence-corrected chi connectivity index (χ2v) is 4.76. The molecule has 98 valence electrons. The van der Waals surface area contributed by atoms with E-state index in [4.69, 9.17) is 4.74 Å². The molecule has 1 amide bonds. The number of H-pyrrole nitrogens is 1. The lowest BCUT2D eigenvalue weighted by Gasteiger charge is -2.09. The molecule has 5 nitrogen and oxygen atoms in total. The zero-order chi connectivity index (χ0) is 13.4. The molecule has 1 aliphatic heterocycles. The van der Waals surface area contributed by atoms with E-state index in [-0.39, 0.29) is 12.0 Å². The van der Waals surface area contributed by atoms with Gasteiger partial charge in [-0.25, -0.2) is 0 Å². The topological polar surface area (TPSA) is 67.0 Å². The molecule has 19 heavy (non-hydrogen) atoms. The van der Waals surface area contributed by atoms with Crippen molar-refractivity contribution in [2.24, 2.45) is 0 Å². The molecule has 0 bridgehead atoms. The molecule has 2 unspecified atom stereocenters. The summed E-state index contributed by atoms with van der Waals surface area (Å²) in [7, 11) is 0. The lowest BCUT2D eigenvalue weighted by Crippen LogP contribution is -2.14. The number of carbonyl (C=O) groups excluding carboxylic acids is 1. The summed E-state index contributed by atoms with van der Waals surface area (Å²) < 4.78 is 5.80. The molecule has 1 aromatic carbocycles. The molecule has 2 N–H and O–H groups in total. The molecule has 0 spiro atoms. The summed E-state index contributed by atoms with van der Waals surface area (Å²) in [5.74, 6) is 1.37. The molecule has 5 heteroatoms. The zero-order valence-electron chi connectivity index (χ0n) is 10.8. The molecule has 3 rings (SSSR count). The number of para-hydroxylation sites is 1. The third-order valence-electron chi connectivity index (χ3n) is 3.54. The minimum atomic E-state index is -0.192. The van der Waals surface area contributed by atoms with Gasteiger partial charge in [-0.1, -0.05) is 19.1 Å². The monoisotopic (exact) mass is 257 g/mol.